The number of nitrogens with zero attached hydrogens (tertiary/aromatic N) is 3. The van der Waals surface area contributed by atoms with Crippen LogP contribution < -0.4 is 10.5 Å². The van der Waals surface area contributed by atoms with Crippen LogP contribution in [0.25, 0.3) is 22.2 Å². The van der Waals surface area contributed by atoms with Crippen LogP contribution in [0.1, 0.15) is 12.2 Å². The van der Waals surface area contributed by atoms with Gasteiger partial charge in [0.05, 0.1) is 11.9 Å². The zero-order valence-corrected chi connectivity index (χ0v) is 16.5. The molecule has 4 aromatic rings. The SMILES string of the molecule is CN(c1cccc(-c2ccc(C(F)F)o2)c1)c1nc(=N)n(C=N)c2cc(Cl)ccc12. The Labute approximate surface area is 175 Å². The van der Waals surface area contributed by atoms with Gasteiger partial charge in [-0.2, -0.15) is 4.98 Å². The quantitative estimate of drug-likeness (QED) is 0.322. The number of nitrogens with one attached hydrogen (secondary N) is 2. The molecule has 30 heavy (non-hydrogen) atoms. The summed E-state index contributed by atoms with van der Waals surface area (Å²) < 4.78 is 32.3. The first-order valence-electron chi connectivity index (χ1n) is 8.88. The van der Waals surface area contributed by atoms with Gasteiger partial charge in [0.2, 0.25) is 5.62 Å². The van der Waals surface area contributed by atoms with Gasteiger partial charge in [-0.1, -0.05) is 23.7 Å². The van der Waals surface area contributed by atoms with Crippen LogP contribution >= 0.6 is 11.6 Å². The Bertz CT molecular complexity index is 1310. The molecular formula is C21H16ClF2N5O. The molecule has 4 rings (SSSR count). The van der Waals surface area contributed by atoms with Crippen LogP contribution in [0.3, 0.4) is 0 Å². The molecule has 2 aromatic carbocycles. The maximum atomic E-state index is 12.8. The lowest BCUT2D eigenvalue weighted by Gasteiger charge is -2.21. The number of aromatic nitrogens is 2. The average molecular weight is 428 g/mol. The maximum Gasteiger partial charge on any atom is 0.295 e. The lowest BCUT2D eigenvalue weighted by Crippen LogP contribution is -2.26. The molecule has 0 radical (unpaired) electrons. The molecule has 0 unspecified atom stereocenters. The fourth-order valence-corrected chi connectivity index (χ4v) is 3.39. The van der Waals surface area contributed by atoms with Crippen molar-refractivity contribution in [3.8, 4) is 11.3 Å². The van der Waals surface area contributed by atoms with Crippen molar-refractivity contribution in [2.24, 2.45) is 0 Å². The van der Waals surface area contributed by atoms with E-state index in [1.54, 1.807) is 48.3 Å². The lowest BCUT2D eigenvalue weighted by molar-refractivity contribution is 0.123. The van der Waals surface area contributed by atoms with Gasteiger partial charge in [0.15, 0.2) is 5.76 Å². The maximum absolute atomic E-state index is 12.8. The van der Waals surface area contributed by atoms with Crippen molar-refractivity contribution in [3.05, 3.63) is 71.0 Å². The van der Waals surface area contributed by atoms with Gasteiger partial charge in [0.25, 0.3) is 6.43 Å². The van der Waals surface area contributed by atoms with E-state index in [2.05, 4.69) is 4.98 Å². The van der Waals surface area contributed by atoms with Gasteiger partial charge in [-0.15, -0.1) is 0 Å². The second-order valence-corrected chi connectivity index (χ2v) is 6.97. The number of anilines is 2. The standard InChI is InChI=1S/C21H16ClF2N5O/c1-28(14-4-2-3-12(9-14)17-7-8-18(30-17)19(23)24)20-15-6-5-13(22)10-16(15)29(11-25)21(26)27-20/h2-11,19,25-26H,1H3. The molecule has 0 saturated carbocycles. The van der Waals surface area contributed by atoms with Crippen molar-refractivity contribution in [1.29, 1.82) is 10.8 Å². The molecule has 0 bridgehead atoms. The van der Waals surface area contributed by atoms with Crippen molar-refractivity contribution in [1.82, 2.24) is 9.55 Å². The first-order chi connectivity index (χ1) is 14.4. The molecule has 6 nitrogen and oxygen atoms in total. The minimum atomic E-state index is -2.67. The molecule has 0 spiro atoms. The van der Waals surface area contributed by atoms with E-state index in [4.69, 9.17) is 26.8 Å². The van der Waals surface area contributed by atoms with E-state index < -0.39 is 6.43 Å². The normalized spacial score (nSPS) is 11.2. The summed E-state index contributed by atoms with van der Waals surface area (Å²) in [4.78, 5) is 6.13. The smallest absolute Gasteiger partial charge is 0.295 e. The first-order valence-corrected chi connectivity index (χ1v) is 9.26. The van der Waals surface area contributed by atoms with Gasteiger partial charge >= 0.3 is 0 Å². The van der Waals surface area contributed by atoms with Crippen molar-refractivity contribution in [3.63, 3.8) is 0 Å². The summed E-state index contributed by atoms with van der Waals surface area (Å²) in [7, 11) is 1.79. The Balaban J connectivity index is 1.82. The summed E-state index contributed by atoms with van der Waals surface area (Å²) >= 11 is 6.11. The molecule has 2 aromatic heterocycles. The van der Waals surface area contributed by atoms with Gasteiger partial charge in [0.1, 0.15) is 11.6 Å². The molecule has 0 atom stereocenters. The number of alkyl halides is 2. The molecule has 0 aliphatic heterocycles. The van der Waals surface area contributed by atoms with Crippen molar-refractivity contribution in [2.45, 2.75) is 6.43 Å². The summed E-state index contributed by atoms with van der Waals surface area (Å²) in [5.74, 6) is 0.446. The second kappa shape index (κ2) is 7.72. The third-order valence-electron chi connectivity index (χ3n) is 4.71. The fourth-order valence-electron chi connectivity index (χ4n) is 3.22. The number of fused-ring (bicyclic) bond motifs is 1. The molecule has 0 aliphatic carbocycles. The largest absolute Gasteiger partial charge is 0.455 e. The highest BCUT2D eigenvalue weighted by Gasteiger charge is 2.16. The number of hydrogen-bond donors (Lipinski definition) is 2. The van der Waals surface area contributed by atoms with Crippen LogP contribution in [0.4, 0.5) is 20.3 Å². The highest BCUT2D eigenvalue weighted by atomic mass is 35.5. The number of hydrogen-bond acceptors (Lipinski definition) is 5. The van der Waals surface area contributed by atoms with E-state index in [1.165, 1.54) is 16.7 Å². The van der Waals surface area contributed by atoms with Crippen LogP contribution in [0.15, 0.2) is 59.0 Å². The van der Waals surface area contributed by atoms with Crippen LogP contribution in [0, 0.1) is 10.8 Å². The van der Waals surface area contributed by atoms with Crippen LogP contribution in [0.5, 0.6) is 0 Å². The zero-order valence-electron chi connectivity index (χ0n) is 15.7. The highest BCUT2D eigenvalue weighted by molar-refractivity contribution is 6.31. The Morgan fingerprint density at radius 2 is 1.97 bits per heavy atom. The van der Waals surface area contributed by atoms with Gasteiger partial charge < -0.3 is 9.32 Å². The molecule has 152 valence electrons. The summed E-state index contributed by atoms with van der Waals surface area (Å²) in [5.41, 5.74) is 1.81. The summed E-state index contributed by atoms with van der Waals surface area (Å²) in [6, 6.07) is 15.1. The average Bonchev–Trinajstić information content (AvgIpc) is 3.23. The Morgan fingerprint density at radius 1 is 1.17 bits per heavy atom. The number of benzene rings is 2. The molecule has 0 fully saturated rings. The lowest BCUT2D eigenvalue weighted by atomic mass is 10.1. The fraction of sp³-hybridized carbons (Fsp3) is 0.0952. The second-order valence-electron chi connectivity index (χ2n) is 6.53. The van der Waals surface area contributed by atoms with Gasteiger partial charge in [0, 0.05) is 28.7 Å². The van der Waals surface area contributed by atoms with Crippen molar-refractivity contribution >= 4 is 40.3 Å². The summed E-state index contributed by atoms with van der Waals surface area (Å²) in [6.07, 6.45) is -1.66. The molecule has 2 heterocycles. The number of furan rings is 1. The van der Waals surface area contributed by atoms with Gasteiger partial charge in [-0.3, -0.25) is 15.4 Å². The predicted octanol–water partition coefficient (Wildman–Crippen LogP) is 5.59. The molecule has 2 N–H and O–H groups in total. The zero-order chi connectivity index (χ0) is 21.4. The summed E-state index contributed by atoms with van der Waals surface area (Å²) in [6.45, 7) is 0. The predicted molar refractivity (Wildman–Crippen MR) is 112 cm³/mol. The first kappa shape index (κ1) is 19.8. The summed E-state index contributed by atoms with van der Waals surface area (Å²) in [5, 5.41) is 17.0. The monoisotopic (exact) mass is 427 g/mol. The molecule has 0 amide bonds. The molecule has 0 aliphatic rings. The Morgan fingerprint density at radius 3 is 2.67 bits per heavy atom. The third kappa shape index (κ3) is 3.46. The van der Waals surface area contributed by atoms with Gasteiger partial charge in [-0.25, -0.2) is 8.78 Å². The van der Waals surface area contributed by atoms with E-state index in [9.17, 15) is 8.78 Å². The molecule has 0 saturated heterocycles. The van der Waals surface area contributed by atoms with Crippen LogP contribution in [-0.2, 0) is 0 Å². The van der Waals surface area contributed by atoms with E-state index >= 15 is 0 Å². The Hall–Kier alpha value is -3.52. The minimum Gasteiger partial charge on any atom is -0.455 e. The molecule has 9 heteroatoms. The minimum absolute atomic E-state index is 0.120. The highest BCUT2D eigenvalue weighted by Crippen LogP contribution is 2.33. The Kier molecular flexibility index (Phi) is 5.09. The van der Waals surface area contributed by atoms with Crippen molar-refractivity contribution in [2.75, 3.05) is 11.9 Å². The van der Waals surface area contributed by atoms with Gasteiger partial charge in [-0.05, 0) is 42.5 Å². The van der Waals surface area contributed by atoms with Crippen LogP contribution in [0.2, 0.25) is 5.02 Å². The number of halogens is 3. The molecular weight excluding hydrogens is 412 g/mol. The van der Waals surface area contributed by atoms with Crippen molar-refractivity contribution < 1.29 is 13.2 Å². The van der Waals surface area contributed by atoms with E-state index in [0.717, 1.165) is 12.0 Å². The van der Waals surface area contributed by atoms with E-state index in [-0.39, 0.29) is 11.4 Å². The topological polar surface area (TPSA) is 81.9 Å². The van der Waals surface area contributed by atoms with E-state index in [1.807, 2.05) is 6.07 Å². The third-order valence-corrected chi connectivity index (χ3v) is 4.94. The van der Waals surface area contributed by atoms with E-state index in [0.29, 0.717) is 33.1 Å². The van der Waals surface area contributed by atoms with Crippen LogP contribution in [-0.4, -0.2) is 22.9 Å². The number of rotatable bonds is 5.